The first kappa shape index (κ1) is 30.1. The number of carbonyl (C=O) groups is 2. The molecule has 12 heteroatoms. The smallest absolute Gasteiger partial charge is 0.244 e. The van der Waals surface area contributed by atoms with Crippen molar-refractivity contribution in [1.29, 1.82) is 0 Å². The SMILES string of the molecule is CNC(=O)[C@H](Cc1ccccc1)N(Cc1ccc(Cl)c(Cl)c1)C(=O)CN(c1ccc(Cl)c(Cl)c1)S(C)(=O)=O. The first-order valence-electron chi connectivity index (χ1n) is 11.3. The second-order valence-corrected chi connectivity index (χ2v) is 12.0. The predicted molar refractivity (Wildman–Crippen MR) is 154 cm³/mol. The molecule has 0 unspecified atom stereocenters. The lowest BCUT2D eigenvalue weighted by Gasteiger charge is -2.33. The van der Waals surface area contributed by atoms with Gasteiger partial charge in [-0.1, -0.05) is 82.8 Å². The largest absolute Gasteiger partial charge is 0.357 e. The number of benzene rings is 3. The third kappa shape index (κ3) is 7.77. The van der Waals surface area contributed by atoms with E-state index in [0.29, 0.717) is 10.6 Å². The van der Waals surface area contributed by atoms with Crippen LogP contribution in [0.2, 0.25) is 20.1 Å². The van der Waals surface area contributed by atoms with E-state index in [1.54, 1.807) is 18.2 Å². The molecule has 0 heterocycles. The van der Waals surface area contributed by atoms with Gasteiger partial charge in [-0.05, 0) is 41.5 Å². The number of sulfonamides is 1. The first-order valence-corrected chi connectivity index (χ1v) is 14.7. The molecule has 0 radical (unpaired) electrons. The molecule has 38 heavy (non-hydrogen) atoms. The number of hydrogen-bond donors (Lipinski definition) is 1. The molecule has 7 nitrogen and oxygen atoms in total. The molecule has 1 atom stereocenters. The number of hydrogen-bond acceptors (Lipinski definition) is 4. The number of nitrogens with one attached hydrogen (secondary N) is 1. The van der Waals surface area contributed by atoms with Gasteiger partial charge in [-0.15, -0.1) is 0 Å². The quantitative estimate of drug-likeness (QED) is 0.328. The van der Waals surface area contributed by atoms with E-state index in [0.717, 1.165) is 16.1 Å². The van der Waals surface area contributed by atoms with Crippen LogP contribution >= 0.6 is 46.4 Å². The maximum Gasteiger partial charge on any atom is 0.244 e. The highest BCUT2D eigenvalue weighted by Gasteiger charge is 2.32. The van der Waals surface area contributed by atoms with Crippen molar-refractivity contribution in [1.82, 2.24) is 10.2 Å². The minimum absolute atomic E-state index is 0.0282. The molecule has 2 amide bonds. The van der Waals surface area contributed by atoms with Crippen molar-refractivity contribution in [3.8, 4) is 0 Å². The summed E-state index contributed by atoms with van der Waals surface area (Å²) in [5, 5.41) is 3.60. The first-order chi connectivity index (χ1) is 17.9. The molecular formula is C26H25Cl4N3O4S. The minimum atomic E-state index is -3.93. The molecule has 3 aromatic carbocycles. The summed E-state index contributed by atoms with van der Waals surface area (Å²) in [7, 11) is -2.45. The van der Waals surface area contributed by atoms with Gasteiger partial charge in [-0.2, -0.15) is 0 Å². The highest BCUT2D eigenvalue weighted by Crippen LogP contribution is 2.29. The third-order valence-corrected chi connectivity index (χ3v) is 8.34. The van der Waals surface area contributed by atoms with E-state index in [2.05, 4.69) is 5.32 Å². The molecule has 0 aliphatic carbocycles. The maximum absolute atomic E-state index is 13.9. The lowest BCUT2D eigenvalue weighted by atomic mass is 10.0. The summed E-state index contributed by atoms with van der Waals surface area (Å²) in [5.74, 6) is -1.03. The fourth-order valence-electron chi connectivity index (χ4n) is 3.81. The van der Waals surface area contributed by atoms with Crippen molar-refractivity contribution in [2.24, 2.45) is 0 Å². The Morgan fingerprint density at radius 2 is 1.45 bits per heavy atom. The van der Waals surface area contributed by atoms with Gasteiger partial charge >= 0.3 is 0 Å². The summed E-state index contributed by atoms with van der Waals surface area (Å²) in [5.41, 5.74) is 1.58. The Hall–Kier alpha value is -2.49. The van der Waals surface area contributed by atoms with E-state index in [-0.39, 0.29) is 33.7 Å². The van der Waals surface area contributed by atoms with Crippen LogP contribution < -0.4 is 9.62 Å². The molecule has 0 fully saturated rings. The van der Waals surface area contributed by atoms with Gasteiger partial charge < -0.3 is 10.2 Å². The lowest BCUT2D eigenvalue weighted by Crippen LogP contribution is -2.52. The Bertz CT molecular complexity index is 1420. The molecule has 0 saturated heterocycles. The van der Waals surface area contributed by atoms with Gasteiger partial charge in [-0.25, -0.2) is 8.42 Å². The van der Waals surface area contributed by atoms with Crippen LogP contribution in [0.25, 0.3) is 0 Å². The topological polar surface area (TPSA) is 86.8 Å². The Labute approximate surface area is 242 Å². The summed E-state index contributed by atoms with van der Waals surface area (Å²) < 4.78 is 26.4. The fraction of sp³-hybridized carbons (Fsp3) is 0.231. The van der Waals surface area contributed by atoms with Crippen LogP contribution in [0.3, 0.4) is 0 Å². The number of nitrogens with zero attached hydrogens (tertiary/aromatic N) is 2. The Balaban J connectivity index is 2.05. The van der Waals surface area contributed by atoms with Gasteiger partial charge in [0, 0.05) is 20.0 Å². The van der Waals surface area contributed by atoms with Crippen LogP contribution in [-0.4, -0.2) is 51.0 Å². The zero-order valence-corrected chi connectivity index (χ0v) is 24.3. The van der Waals surface area contributed by atoms with Crippen molar-refractivity contribution in [3.05, 3.63) is 97.9 Å². The van der Waals surface area contributed by atoms with Crippen molar-refractivity contribution in [2.75, 3.05) is 24.2 Å². The average molecular weight is 617 g/mol. The van der Waals surface area contributed by atoms with E-state index >= 15 is 0 Å². The molecule has 0 saturated carbocycles. The highest BCUT2D eigenvalue weighted by atomic mass is 35.5. The number of amides is 2. The van der Waals surface area contributed by atoms with Crippen LogP contribution in [0, 0.1) is 0 Å². The average Bonchev–Trinajstić information content (AvgIpc) is 2.87. The molecule has 3 rings (SSSR count). The van der Waals surface area contributed by atoms with Crippen LogP contribution in [0.15, 0.2) is 66.7 Å². The van der Waals surface area contributed by atoms with Crippen LogP contribution in [0.5, 0.6) is 0 Å². The van der Waals surface area contributed by atoms with Crippen molar-refractivity contribution in [3.63, 3.8) is 0 Å². The van der Waals surface area contributed by atoms with Gasteiger partial charge in [0.05, 0.1) is 32.0 Å². The Kier molecular flexibility index (Phi) is 10.3. The highest BCUT2D eigenvalue weighted by molar-refractivity contribution is 7.92. The second kappa shape index (κ2) is 13.0. The monoisotopic (exact) mass is 615 g/mol. The molecule has 0 aromatic heterocycles. The summed E-state index contributed by atoms with van der Waals surface area (Å²) in [4.78, 5) is 28.3. The lowest BCUT2D eigenvalue weighted by molar-refractivity contribution is -0.139. The van der Waals surface area contributed by atoms with Gasteiger partial charge in [0.1, 0.15) is 12.6 Å². The summed E-state index contributed by atoms with van der Waals surface area (Å²) in [6.45, 7) is -0.611. The van der Waals surface area contributed by atoms with E-state index in [1.807, 2.05) is 30.3 Å². The van der Waals surface area contributed by atoms with Crippen LogP contribution in [0.4, 0.5) is 5.69 Å². The number of halogens is 4. The summed E-state index contributed by atoms with van der Waals surface area (Å²) in [6.07, 6.45) is 1.17. The molecule has 1 N–H and O–H groups in total. The van der Waals surface area contributed by atoms with E-state index in [1.165, 1.54) is 30.1 Å². The number of anilines is 1. The van der Waals surface area contributed by atoms with Gasteiger partial charge in [0.2, 0.25) is 21.8 Å². The van der Waals surface area contributed by atoms with E-state index in [4.69, 9.17) is 46.4 Å². The van der Waals surface area contributed by atoms with Crippen molar-refractivity contribution >= 4 is 73.9 Å². The number of rotatable bonds is 10. The Morgan fingerprint density at radius 3 is 2.00 bits per heavy atom. The molecule has 202 valence electrons. The van der Waals surface area contributed by atoms with Gasteiger partial charge in [0.15, 0.2) is 0 Å². The number of carbonyl (C=O) groups excluding carboxylic acids is 2. The summed E-state index contributed by atoms with van der Waals surface area (Å²) in [6, 6.07) is 17.4. The number of likely N-dealkylation sites (N-methyl/N-ethyl adjacent to an activating group) is 1. The summed E-state index contributed by atoms with van der Waals surface area (Å²) >= 11 is 24.4. The fourth-order valence-corrected chi connectivity index (χ4v) is 5.26. The standard InChI is InChI=1S/C26H25Cl4N3O4S/c1-31-26(35)24(13-17-6-4-3-5-7-17)32(15-18-8-10-20(27)22(29)12-18)25(34)16-33(38(2,36)37)19-9-11-21(28)23(30)14-19/h3-12,14,24H,13,15-16H2,1-2H3,(H,31,35)/t24-/m0/s1. The van der Waals surface area contributed by atoms with Gasteiger partial charge in [0.25, 0.3) is 0 Å². The zero-order chi connectivity index (χ0) is 28.0. The molecule has 0 spiro atoms. The molecule has 3 aromatic rings. The van der Waals surface area contributed by atoms with Crippen LogP contribution in [-0.2, 0) is 32.6 Å². The van der Waals surface area contributed by atoms with Gasteiger partial charge in [-0.3, -0.25) is 13.9 Å². The van der Waals surface area contributed by atoms with E-state index in [9.17, 15) is 18.0 Å². The molecule has 0 aliphatic heterocycles. The molecule has 0 aliphatic rings. The third-order valence-electron chi connectivity index (χ3n) is 5.72. The zero-order valence-electron chi connectivity index (χ0n) is 20.5. The molecule has 0 bridgehead atoms. The van der Waals surface area contributed by atoms with E-state index < -0.39 is 34.4 Å². The predicted octanol–water partition coefficient (Wildman–Crippen LogP) is 5.45. The Morgan fingerprint density at radius 1 is 0.842 bits per heavy atom. The minimum Gasteiger partial charge on any atom is -0.357 e. The van der Waals surface area contributed by atoms with Crippen LogP contribution in [0.1, 0.15) is 11.1 Å². The maximum atomic E-state index is 13.9. The molecular weight excluding hydrogens is 592 g/mol. The van der Waals surface area contributed by atoms with Crippen molar-refractivity contribution in [2.45, 2.75) is 19.0 Å². The van der Waals surface area contributed by atoms with Crippen molar-refractivity contribution < 1.29 is 18.0 Å². The normalized spacial score (nSPS) is 12.1. The second-order valence-electron chi connectivity index (χ2n) is 8.46.